The molecule has 2 heterocycles. The molecule has 2 aromatic rings. The Morgan fingerprint density at radius 1 is 1.15 bits per heavy atom. The zero-order valence-electron chi connectivity index (χ0n) is 15.4. The second-order valence-corrected chi connectivity index (χ2v) is 6.77. The maximum Gasteiger partial charge on any atom is 0.271 e. The van der Waals surface area contributed by atoms with E-state index in [0.717, 1.165) is 49.1 Å². The van der Waals surface area contributed by atoms with Crippen molar-refractivity contribution in [3.05, 3.63) is 47.1 Å². The highest BCUT2D eigenvalue weighted by Gasteiger charge is 2.19. The van der Waals surface area contributed by atoms with E-state index in [4.69, 9.17) is 16.3 Å². The summed E-state index contributed by atoms with van der Waals surface area (Å²) < 4.78 is 4.96. The molecule has 3 rings (SSSR count). The lowest BCUT2D eigenvalue weighted by Gasteiger charge is -2.36. The van der Waals surface area contributed by atoms with Gasteiger partial charge in [0.2, 0.25) is 0 Å². The molecule has 1 aromatic carbocycles. The number of aromatic nitrogens is 2. The van der Waals surface area contributed by atoms with E-state index in [1.807, 2.05) is 24.3 Å². The molecule has 0 spiro atoms. The first kappa shape index (κ1) is 19.4. The lowest BCUT2D eigenvalue weighted by atomic mass is 10.2. The van der Waals surface area contributed by atoms with Gasteiger partial charge in [-0.3, -0.25) is 4.79 Å². The van der Waals surface area contributed by atoms with E-state index in [2.05, 4.69) is 31.4 Å². The Bertz CT molecular complexity index is 748. The number of anilines is 2. The van der Waals surface area contributed by atoms with Crippen LogP contribution in [0.5, 0.6) is 0 Å². The lowest BCUT2D eigenvalue weighted by molar-refractivity contribution is 0.0942. The van der Waals surface area contributed by atoms with Crippen molar-refractivity contribution >= 4 is 29.0 Å². The molecule has 1 amide bonds. The van der Waals surface area contributed by atoms with Crippen molar-refractivity contribution in [3.8, 4) is 0 Å². The number of rotatable bonds is 7. The topological polar surface area (TPSA) is 70.6 Å². The number of carbonyl (C=O) groups is 1. The van der Waals surface area contributed by atoms with E-state index in [1.165, 1.54) is 0 Å². The van der Waals surface area contributed by atoms with Gasteiger partial charge in [-0.2, -0.15) is 0 Å². The molecule has 0 saturated carbocycles. The van der Waals surface area contributed by atoms with Crippen molar-refractivity contribution in [2.24, 2.45) is 0 Å². The van der Waals surface area contributed by atoms with E-state index in [0.29, 0.717) is 18.8 Å². The lowest BCUT2D eigenvalue weighted by Crippen LogP contribution is -2.47. The number of ether oxygens (including phenoxy) is 1. The van der Waals surface area contributed by atoms with Crippen LogP contribution in [0, 0.1) is 0 Å². The summed E-state index contributed by atoms with van der Waals surface area (Å²) in [7, 11) is 1.64. The Hall–Kier alpha value is -2.38. The summed E-state index contributed by atoms with van der Waals surface area (Å²) in [5.74, 6) is 0.576. The van der Waals surface area contributed by atoms with Gasteiger partial charge in [-0.1, -0.05) is 17.7 Å². The Balaban J connectivity index is 1.52. The van der Waals surface area contributed by atoms with Gasteiger partial charge in [-0.05, 0) is 36.8 Å². The maximum atomic E-state index is 12.0. The highest BCUT2D eigenvalue weighted by molar-refractivity contribution is 6.30. The van der Waals surface area contributed by atoms with Gasteiger partial charge >= 0.3 is 0 Å². The maximum absolute atomic E-state index is 12.0. The van der Waals surface area contributed by atoms with E-state index >= 15 is 0 Å². The highest BCUT2D eigenvalue weighted by atomic mass is 35.5. The normalized spacial score (nSPS) is 14.3. The van der Waals surface area contributed by atoms with Gasteiger partial charge in [-0.15, -0.1) is 10.2 Å². The molecule has 1 aliphatic heterocycles. The van der Waals surface area contributed by atoms with Gasteiger partial charge in [0.15, 0.2) is 11.5 Å². The summed E-state index contributed by atoms with van der Waals surface area (Å²) in [6, 6.07) is 11.5. The Morgan fingerprint density at radius 2 is 1.93 bits per heavy atom. The number of halogens is 1. The quantitative estimate of drug-likeness (QED) is 0.732. The number of methoxy groups -OCH3 is 1. The van der Waals surface area contributed by atoms with Crippen molar-refractivity contribution in [2.75, 3.05) is 56.2 Å². The summed E-state index contributed by atoms with van der Waals surface area (Å²) in [4.78, 5) is 16.5. The smallest absolute Gasteiger partial charge is 0.271 e. The van der Waals surface area contributed by atoms with E-state index < -0.39 is 0 Å². The number of benzene rings is 1. The fraction of sp³-hybridized carbons (Fsp3) is 0.421. The van der Waals surface area contributed by atoms with Crippen LogP contribution in [-0.2, 0) is 4.74 Å². The Kier molecular flexibility index (Phi) is 6.84. The largest absolute Gasteiger partial charge is 0.385 e. The first-order valence-corrected chi connectivity index (χ1v) is 9.41. The number of hydrogen-bond acceptors (Lipinski definition) is 6. The standard InChI is InChI=1S/C19H24ClN5O2/c1-27-13-3-8-21-19(26)17-6-7-18(23-22-17)25-11-9-24(10-12-25)16-5-2-4-15(20)14-16/h2,4-7,14H,3,8-13H2,1H3,(H,21,26). The molecule has 1 aromatic heterocycles. The van der Waals surface area contributed by atoms with Crippen molar-refractivity contribution < 1.29 is 9.53 Å². The van der Waals surface area contributed by atoms with Crippen LogP contribution in [0.15, 0.2) is 36.4 Å². The predicted molar refractivity (Wildman–Crippen MR) is 107 cm³/mol. The molecule has 0 radical (unpaired) electrons. The summed E-state index contributed by atoms with van der Waals surface area (Å²) in [5, 5.41) is 11.9. The average Bonchev–Trinajstić information content (AvgIpc) is 2.71. The van der Waals surface area contributed by atoms with Gasteiger partial charge in [-0.25, -0.2) is 0 Å². The van der Waals surface area contributed by atoms with Crippen LogP contribution in [0.3, 0.4) is 0 Å². The average molecular weight is 390 g/mol. The van der Waals surface area contributed by atoms with E-state index in [-0.39, 0.29) is 5.91 Å². The number of nitrogens with one attached hydrogen (secondary N) is 1. The first-order chi connectivity index (χ1) is 13.2. The fourth-order valence-corrected chi connectivity index (χ4v) is 3.18. The molecule has 7 nitrogen and oxygen atoms in total. The molecule has 1 aliphatic rings. The monoisotopic (exact) mass is 389 g/mol. The zero-order valence-corrected chi connectivity index (χ0v) is 16.2. The molecule has 0 unspecified atom stereocenters. The number of piperazine rings is 1. The Labute approximate surface area is 164 Å². The molecular formula is C19H24ClN5O2. The fourth-order valence-electron chi connectivity index (χ4n) is 2.99. The zero-order chi connectivity index (χ0) is 19.1. The van der Waals surface area contributed by atoms with Gasteiger partial charge in [0.25, 0.3) is 5.91 Å². The van der Waals surface area contributed by atoms with Crippen molar-refractivity contribution in [1.82, 2.24) is 15.5 Å². The van der Waals surface area contributed by atoms with Crippen LogP contribution in [0.4, 0.5) is 11.5 Å². The van der Waals surface area contributed by atoms with Crippen molar-refractivity contribution in [1.29, 1.82) is 0 Å². The minimum absolute atomic E-state index is 0.212. The highest BCUT2D eigenvalue weighted by Crippen LogP contribution is 2.22. The number of nitrogens with zero attached hydrogens (tertiary/aromatic N) is 4. The summed E-state index contributed by atoms with van der Waals surface area (Å²) in [5.41, 5.74) is 1.46. The summed E-state index contributed by atoms with van der Waals surface area (Å²) >= 11 is 6.08. The molecule has 1 saturated heterocycles. The molecule has 0 atom stereocenters. The minimum atomic E-state index is -0.212. The number of carbonyl (C=O) groups excluding carboxylic acids is 1. The van der Waals surface area contributed by atoms with E-state index in [9.17, 15) is 4.79 Å². The molecule has 0 bridgehead atoms. The number of hydrogen-bond donors (Lipinski definition) is 1. The number of amides is 1. The molecule has 27 heavy (non-hydrogen) atoms. The molecular weight excluding hydrogens is 366 g/mol. The molecule has 1 fully saturated rings. The molecule has 144 valence electrons. The van der Waals surface area contributed by atoms with Crippen molar-refractivity contribution in [2.45, 2.75) is 6.42 Å². The van der Waals surface area contributed by atoms with Crippen LogP contribution in [0.2, 0.25) is 5.02 Å². The predicted octanol–water partition coefficient (Wildman–Crippen LogP) is 2.22. The molecule has 1 N–H and O–H groups in total. The van der Waals surface area contributed by atoms with Crippen LogP contribution >= 0.6 is 11.6 Å². The third-order valence-electron chi connectivity index (χ3n) is 4.47. The van der Waals surface area contributed by atoms with Gasteiger partial charge in [0.1, 0.15) is 0 Å². The Morgan fingerprint density at radius 3 is 2.59 bits per heavy atom. The van der Waals surface area contributed by atoms with Crippen LogP contribution < -0.4 is 15.1 Å². The van der Waals surface area contributed by atoms with Gasteiger partial charge in [0, 0.05) is 57.2 Å². The van der Waals surface area contributed by atoms with Gasteiger partial charge < -0.3 is 19.9 Å². The second-order valence-electron chi connectivity index (χ2n) is 6.33. The van der Waals surface area contributed by atoms with E-state index in [1.54, 1.807) is 13.2 Å². The SMILES string of the molecule is COCCCNC(=O)c1ccc(N2CCN(c3cccc(Cl)c3)CC2)nn1. The third-order valence-corrected chi connectivity index (χ3v) is 4.71. The van der Waals surface area contributed by atoms with Crippen molar-refractivity contribution in [3.63, 3.8) is 0 Å². The van der Waals surface area contributed by atoms with Gasteiger partial charge in [0.05, 0.1) is 0 Å². The first-order valence-electron chi connectivity index (χ1n) is 9.03. The minimum Gasteiger partial charge on any atom is -0.385 e. The third kappa shape index (κ3) is 5.30. The van der Waals surface area contributed by atoms with Crippen LogP contribution in [-0.4, -0.2) is 62.5 Å². The summed E-state index contributed by atoms with van der Waals surface area (Å²) in [6.07, 6.45) is 0.769. The van der Waals surface area contributed by atoms with Crippen LogP contribution in [0.25, 0.3) is 0 Å². The second kappa shape index (κ2) is 9.53. The van der Waals surface area contributed by atoms with Crippen LogP contribution in [0.1, 0.15) is 16.9 Å². The summed E-state index contributed by atoms with van der Waals surface area (Å²) in [6.45, 7) is 4.61. The molecule has 8 heteroatoms. The molecule has 0 aliphatic carbocycles.